The lowest BCUT2D eigenvalue weighted by atomic mass is 10.1. The van der Waals surface area contributed by atoms with Gasteiger partial charge in [-0.2, -0.15) is 0 Å². The smallest absolute Gasteiger partial charge is 0.410 e. The molecular weight excluding hydrogens is 364 g/mol. The quantitative estimate of drug-likeness (QED) is 0.826. The molecule has 28 heavy (non-hydrogen) atoms. The van der Waals surface area contributed by atoms with Gasteiger partial charge in [0, 0.05) is 24.7 Å². The van der Waals surface area contributed by atoms with Crippen LogP contribution in [0.5, 0.6) is 17.2 Å². The summed E-state index contributed by atoms with van der Waals surface area (Å²) in [6, 6.07) is 3.05. The van der Waals surface area contributed by atoms with Crippen LogP contribution in [0.15, 0.2) is 12.1 Å². The molecule has 1 saturated heterocycles. The largest absolute Gasteiger partial charge is 0.493 e. The first kappa shape index (κ1) is 21.7. The zero-order valence-electron chi connectivity index (χ0n) is 17.5. The maximum absolute atomic E-state index is 12.8. The first-order chi connectivity index (χ1) is 13.2. The number of methoxy groups -OCH3 is 3. The van der Waals surface area contributed by atoms with Crippen molar-refractivity contribution in [3.63, 3.8) is 0 Å². The predicted molar refractivity (Wildman–Crippen MR) is 104 cm³/mol. The molecule has 2 rings (SSSR count). The van der Waals surface area contributed by atoms with Crippen LogP contribution >= 0.6 is 0 Å². The third-order valence-corrected chi connectivity index (χ3v) is 4.34. The highest BCUT2D eigenvalue weighted by Crippen LogP contribution is 2.38. The molecule has 1 aliphatic rings. The zero-order valence-corrected chi connectivity index (χ0v) is 17.5. The Morgan fingerprint density at radius 3 is 2.18 bits per heavy atom. The summed E-state index contributed by atoms with van der Waals surface area (Å²) in [5, 5.41) is 2.98. The maximum Gasteiger partial charge on any atom is 0.410 e. The van der Waals surface area contributed by atoms with E-state index in [0.717, 1.165) is 12.8 Å². The van der Waals surface area contributed by atoms with E-state index in [1.165, 1.54) is 21.3 Å². The third kappa shape index (κ3) is 5.43. The second-order valence-electron chi connectivity index (χ2n) is 7.65. The van der Waals surface area contributed by atoms with Crippen LogP contribution in [0.25, 0.3) is 0 Å². The molecule has 1 aromatic carbocycles. The molecule has 1 heterocycles. The van der Waals surface area contributed by atoms with Gasteiger partial charge in [-0.25, -0.2) is 4.79 Å². The normalized spacial score (nSPS) is 16.9. The van der Waals surface area contributed by atoms with E-state index in [1.807, 2.05) is 20.8 Å². The minimum absolute atomic E-state index is 0.159. The molecule has 2 amide bonds. The second kappa shape index (κ2) is 9.03. The van der Waals surface area contributed by atoms with Crippen molar-refractivity contribution in [1.82, 2.24) is 10.2 Å². The number of carbonyl (C=O) groups is 2. The fourth-order valence-electron chi connectivity index (χ4n) is 3.07. The molecule has 1 atom stereocenters. The number of amides is 2. The van der Waals surface area contributed by atoms with Crippen molar-refractivity contribution in [2.24, 2.45) is 0 Å². The van der Waals surface area contributed by atoms with E-state index in [-0.39, 0.29) is 18.0 Å². The van der Waals surface area contributed by atoms with Crippen molar-refractivity contribution >= 4 is 12.0 Å². The number of hydrogen-bond acceptors (Lipinski definition) is 6. The first-order valence-corrected chi connectivity index (χ1v) is 9.27. The summed E-state index contributed by atoms with van der Waals surface area (Å²) in [4.78, 5) is 26.7. The Kier molecular flexibility index (Phi) is 6.99. The second-order valence-corrected chi connectivity index (χ2v) is 7.65. The van der Waals surface area contributed by atoms with E-state index in [9.17, 15) is 9.59 Å². The summed E-state index contributed by atoms with van der Waals surface area (Å²) in [5.74, 6) is 0.975. The highest BCUT2D eigenvalue weighted by molar-refractivity contribution is 5.95. The van der Waals surface area contributed by atoms with Gasteiger partial charge in [-0.3, -0.25) is 4.79 Å². The van der Waals surface area contributed by atoms with Crippen LogP contribution in [0.3, 0.4) is 0 Å². The van der Waals surface area contributed by atoms with E-state index < -0.39 is 5.60 Å². The Hall–Kier alpha value is -2.64. The average Bonchev–Trinajstić information content (AvgIpc) is 2.65. The fourth-order valence-corrected chi connectivity index (χ4v) is 3.07. The van der Waals surface area contributed by atoms with Crippen LogP contribution in [-0.4, -0.2) is 63.0 Å². The monoisotopic (exact) mass is 394 g/mol. The Balaban J connectivity index is 2.09. The van der Waals surface area contributed by atoms with Gasteiger partial charge in [0.25, 0.3) is 5.91 Å². The Labute approximate surface area is 166 Å². The lowest BCUT2D eigenvalue weighted by Crippen LogP contribution is -2.50. The highest BCUT2D eigenvalue weighted by atomic mass is 16.6. The number of ether oxygens (including phenoxy) is 4. The lowest BCUT2D eigenvalue weighted by Gasteiger charge is -2.34. The number of nitrogens with one attached hydrogen (secondary N) is 1. The maximum atomic E-state index is 12.8. The van der Waals surface area contributed by atoms with Crippen LogP contribution in [0.4, 0.5) is 4.79 Å². The molecule has 0 radical (unpaired) electrons. The number of nitrogens with zero attached hydrogens (tertiary/aromatic N) is 1. The minimum Gasteiger partial charge on any atom is -0.493 e. The number of piperidine rings is 1. The van der Waals surface area contributed by atoms with Gasteiger partial charge in [-0.05, 0) is 45.7 Å². The molecule has 1 aliphatic heterocycles. The predicted octanol–water partition coefficient (Wildman–Crippen LogP) is 2.84. The van der Waals surface area contributed by atoms with Gasteiger partial charge in [-0.1, -0.05) is 0 Å². The number of rotatable bonds is 5. The van der Waals surface area contributed by atoms with Gasteiger partial charge in [0.1, 0.15) is 5.60 Å². The Bertz CT molecular complexity index is 688. The SMILES string of the molecule is COc1cc(C(=O)NC2CCCN(C(=O)OC(C)(C)C)C2)cc(OC)c1OC. The Morgan fingerprint density at radius 2 is 1.68 bits per heavy atom. The molecule has 1 N–H and O–H groups in total. The molecule has 1 aromatic rings. The molecule has 8 nitrogen and oxygen atoms in total. The Morgan fingerprint density at radius 1 is 1.07 bits per heavy atom. The van der Waals surface area contributed by atoms with Crippen molar-refractivity contribution in [2.45, 2.75) is 45.3 Å². The van der Waals surface area contributed by atoms with Crippen molar-refractivity contribution in [1.29, 1.82) is 0 Å². The molecule has 8 heteroatoms. The van der Waals surface area contributed by atoms with Crippen LogP contribution in [0, 0.1) is 0 Å². The van der Waals surface area contributed by atoms with Crippen LogP contribution in [-0.2, 0) is 4.74 Å². The summed E-state index contributed by atoms with van der Waals surface area (Å²) in [6.07, 6.45) is 1.22. The highest BCUT2D eigenvalue weighted by Gasteiger charge is 2.29. The number of carbonyl (C=O) groups excluding carboxylic acids is 2. The van der Waals surface area contributed by atoms with Gasteiger partial charge >= 0.3 is 6.09 Å². The summed E-state index contributed by atoms with van der Waals surface area (Å²) in [6.45, 7) is 6.52. The standard InChI is InChI=1S/C20H30N2O6/c1-20(2,3)28-19(24)22-9-7-8-14(12-22)21-18(23)13-10-15(25-4)17(27-6)16(11-13)26-5/h10-11,14H,7-9,12H2,1-6H3,(H,21,23). The zero-order chi connectivity index (χ0) is 20.9. The van der Waals surface area contributed by atoms with Crippen LogP contribution in [0.1, 0.15) is 44.0 Å². The third-order valence-electron chi connectivity index (χ3n) is 4.34. The van der Waals surface area contributed by atoms with Gasteiger partial charge < -0.3 is 29.2 Å². The molecule has 1 fully saturated rings. The molecule has 0 bridgehead atoms. The summed E-state index contributed by atoms with van der Waals surface area (Å²) in [7, 11) is 4.51. The number of benzene rings is 1. The summed E-state index contributed by atoms with van der Waals surface area (Å²) < 4.78 is 21.3. The van der Waals surface area contributed by atoms with E-state index in [4.69, 9.17) is 18.9 Å². The van der Waals surface area contributed by atoms with E-state index in [1.54, 1.807) is 17.0 Å². The fraction of sp³-hybridized carbons (Fsp3) is 0.600. The molecular formula is C20H30N2O6. The van der Waals surface area contributed by atoms with Crippen molar-refractivity contribution in [3.8, 4) is 17.2 Å². The molecule has 0 aromatic heterocycles. The molecule has 0 saturated carbocycles. The molecule has 1 unspecified atom stereocenters. The van der Waals surface area contributed by atoms with E-state index >= 15 is 0 Å². The molecule has 0 spiro atoms. The van der Waals surface area contributed by atoms with Crippen LogP contribution in [0.2, 0.25) is 0 Å². The average molecular weight is 394 g/mol. The lowest BCUT2D eigenvalue weighted by molar-refractivity contribution is 0.0185. The van der Waals surface area contributed by atoms with Gasteiger partial charge in [0.2, 0.25) is 5.75 Å². The summed E-state index contributed by atoms with van der Waals surface area (Å²) >= 11 is 0. The van der Waals surface area contributed by atoms with Crippen molar-refractivity contribution < 1.29 is 28.5 Å². The van der Waals surface area contributed by atoms with Crippen LogP contribution < -0.4 is 19.5 Å². The van der Waals surface area contributed by atoms with E-state index in [0.29, 0.717) is 35.9 Å². The van der Waals surface area contributed by atoms with Gasteiger partial charge in [-0.15, -0.1) is 0 Å². The molecule has 156 valence electrons. The summed E-state index contributed by atoms with van der Waals surface area (Å²) in [5.41, 5.74) is -0.160. The van der Waals surface area contributed by atoms with E-state index in [2.05, 4.69) is 5.32 Å². The molecule has 0 aliphatic carbocycles. The topological polar surface area (TPSA) is 86.3 Å². The minimum atomic E-state index is -0.552. The van der Waals surface area contributed by atoms with Crippen molar-refractivity contribution in [2.75, 3.05) is 34.4 Å². The number of likely N-dealkylation sites (tertiary alicyclic amines) is 1. The van der Waals surface area contributed by atoms with Crippen molar-refractivity contribution in [3.05, 3.63) is 17.7 Å². The van der Waals surface area contributed by atoms with Gasteiger partial charge in [0.15, 0.2) is 11.5 Å². The van der Waals surface area contributed by atoms with Gasteiger partial charge in [0.05, 0.1) is 21.3 Å². The first-order valence-electron chi connectivity index (χ1n) is 9.27. The number of hydrogen-bond donors (Lipinski definition) is 1.